The Labute approximate surface area is 161 Å². The van der Waals surface area contributed by atoms with E-state index in [0.717, 1.165) is 15.5 Å². The molecule has 1 amide bonds. The van der Waals surface area contributed by atoms with Crippen molar-refractivity contribution in [2.45, 2.75) is 20.4 Å². The smallest absolute Gasteiger partial charge is 0.326 e. The van der Waals surface area contributed by atoms with Crippen molar-refractivity contribution in [1.82, 2.24) is 14.5 Å². The molecule has 0 radical (unpaired) electrons. The minimum absolute atomic E-state index is 0.0752. The molecular weight excluding hydrogens is 362 g/mol. The van der Waals surface area contributed by atoms with E-state index in [1.807, 2.05) is 26.0 Å². The highest BCUT2D eigenvalue weighted by atomic mass is 16.5. The molecule has 0 aliphatic carbocycles. The van der Waals surface area contributed by atoms with E-state index in [-0.39, 0.29) is 18.0 Å². The Kier molecular flexibility index (Phi) is 5.58. The van der Waals surface area contributed by atoms with Gasteiger partial charge in [0.1, 0.15) is 17.6 Å². The number of likely N-dealkylation sites (N-methyl/N-ethyl adjacent to an activating group) is 1. The Balaban J connectivity index is 1.70. The molecule has 0 spiro atoms. The number of para-hydroxylation sites is 1. The molecule has 28 heavy (non-hydrogen) atoms. The SMILES string of the molecule is C=C(C)CN(CC)C(=O)COC(=O)Cn1cnc2c(oc3ccccc32)c1=O. The number of hydrogen-bond acceptors (Lipinski definition) is 6. The van der Waals surface area contributed by atoms with E-state index < -0.39 is 18.1 Å². The lowest BCUT2D eigenvalue weighted by Gasteiger charge is -2.20. The first-order chi connectivity index (χ1) is 13.4. The van der Waals surface area contributed by atoms with E-state index in [1.165, 1.54) is 11.2 Å². The first-order valence-electron chi connectivity index (χ1n) is 8.85. The zero-order valence-corrected chi connectivity index (χ0v) is 15.8. The Morgan fingerprint density at radius 3 is 2.79 bits per heavy atom. The first-order valence-corrected chi connectivity index (χ1v) is 8.85. The van der Waals surface area contributed by atoms with Crippen molar-refractivity contribution in [3.63, 3.8) is 0 Å². The van der Waals surface area contributed by atoms with Gasteiger partial charge >= 0.3 is 5.97 Å². The van der Waals surface area contributed by atoms with Gasteiger partial charge in [-0.3, -0.25) is 19.0 Å². The number of carbonyl (C=O) groups is 2. The van der Waals surface area contributed by atoms with Crippen molar-refractivity contribution < 1.29 is 18.7 Å². The summed E-state index contributed by atoms with van der Waals surface area (Å²) >= 11 is 0. The normalized spacial score (nSPS) is 10.9. The van der Waals surface area contributed by atoms with Gasteiger partial charge in [-0.2, -0.15) is 0 Å². The number of nitrogens with zero attached hydrogens (tertiary/aromatic N) is 3. The number of aromatic nitrogens is 2. The molecule has 8 heteroatoms. The van der Waals surface area contributed by atoms with E-state index >= 15 is 0 Å². The molecule has 2 aromatic heterocycles. The summed E-state index contributed by atoms with van der Waals surface area (Å²) in [5.74, 6) is -1.03. The largest absolute Gasteiger partial charge is 0.454 e. The van der Waals surface area contributed by atoms with Gasteiger partial charge in [-0.25, -0.2) is 4.98 Å². The van der Waals surface area contributed by atoms with Crippen molar-refractivity contribution in [2.75, 3.05) is 19.7 Å². The van der Waals surface area contributed by atoms with Gasteiger partial charge in [0.25, 0.3) is 11.5 Å². The second-order valence-electron chi connectivity index (χ2n) is 6.48. The lowest BCUT2D eigenvalue weighted by molar-refractivity contribution is -0.152. The van der Waals surface area contributed by atoms with Gasteiger partial charge in [0, 0.05) is 18.5 Å². The molecular formula is C20H21N3O5. The average Bonchev–Trinajstić information content (AvgIpc) is 3.06. The molecule has 3 aromatic rings. The van der Waals surface area contributed by atoms with E-state index in [0.29, 0.717) is 24.2 Å². The molecule has 2 heterocycles. The van der Waals surface area contributed by atoms with Crippen LogP contribution in [0.4, 0.5) is 0 Å². The van der Waals surface area contributed by atoms with Crippen LogP contribution in [0.15, 0.2) is 52.0 Å². The zero-order valence-electron chi connectivity index (χ0n) is 15.8. The van der Waals surface area contributed by atoms with Gasteiger partial charge < -0.3 is 14.1 Å². The molecule has 146 valence electrons. The fourth-order valence-corrected chi connectivity index (χ4v) is 2.85. The standard InChI is InChI=1S/C20H21N3O5/c1-4-22(9-13(2)3)16(24)11-27-17(25)10-23-12-21-18-14-7-5-6-8-15(14)28-19(18)20(23)26/h5-8,12H,2,4,9-11H2,1,3H3. The fourth-order valence-electron chi connectivity index (χ4n) is 2.85. The number of amides is 1. The van der Waals surface area contributed by atoms with Gasteiger partial charge in [-0.05, 0) is 26.0 Å². The third-order valence-electron chi connectivity index (χ3n) is 4.20. The van der Waals surface area contributed by atoms with E-state index in [4.69, 9.17) is 9.15 Å². The predicted molar refractivity (Wildman–Crippen MR) is 104 cm³/mol. The highest BCUT2D eigenvalue weighted by Crippen LogP contribution is 2.23. The van der Waals surface area contributed by atoms with E-state index in [1.54, 1.807) is 12.1 Å². The van der Waals surface area contributed by atoms with Gasteiger partial charge in [0.15, 0.2) is 6.61 Å². The van der Waals surface area contributed by atoms with Crippen molar-refractivity contribution in [1.29, 1.82) is 0 Å². The Bertz CT molecular complexity index is 1110. The molecule has 8 nitrogen and oxygen atoms in total. The second-order valence-corrected chi connectivity index (χ2v) is 6.48. The van der Waals surface area contributed by atoms with Crippen LogP contribution in [0, 0.1) is 0 Å². The van der Waals surface area contributed by atoms with Crippen LogP contribution in [0.5, 0.6) is 0 Å². The van der Waals surface area contributed by atoms with Crippen molar-refractivity contribution in [3.8, 4) is 0 Å². The summed E-state index contributed by atoms with van der Waals surface area (Å²) in [4.78, 5) is 42.5. The van der Waals surface area contributed by atoms with Crippen LogP contribution in [0.3, 0.4) is 0 Å². The topological polar surface area (TPSA) is 94.6 Å². The van der Waals surface area contributed by atoms with Gasteiger partial charge in [-0.15, -0.1) is 0 Å². The Morgan fingerprint density at radius 1 is 1.32 bits per heavy atom. The van der Waals surface area contributed by atoms with E-state index in [9.17, 15) is 14.4 Å². The number of hydrogen-bond donors (Lipinski definition) is 0. The summed E-state index contributed by atoms with van der Waals surface area (Å²) in [5, 5.41) is 0.729. The molecule has 3 rings (SSSR count). The van der Waals surface area contributed by atoms with Crippen LogP contribution in [-0.4, -0.2) is 46.0 Å². The third-order valence-corrected chi connectivity index (χ3v) is 4.20. The van der Waals surface area contributed by atoms with Crippen LogP contribution in [0.25, 0.3) is 22.1 Å². The summed E-state index contributed by atoms with van der Waals surface area (Å²) in [5.41, 5.74) is 1.41. The molecule has 0 saturated heterocycles. The van der Waals surface area contributed by atoms with Crippen molar-refractivity contribution >= 4 is 33.9 Å². The number of furan rings is 1. The van der Waals surface area contributed by atoms with Crippen LogP contribution in [-0.2, 0) is 20.9 Å². The first kappa shape index (κ1) is 19.3. The molecule has 0 unspecified atom stereocenters. The number of fused-ring (bicyclic) bond motifs is 3. The molecule has 0 fully saturated rings. The van der Waals surface area contributed by atoms with Crippen LogP contribution in [0.1, 0.15) is 13.8 Å². The van der Waals surface area contributed by atoms with Crippen molar-refractivity contribution in [3.05, 3.63) is 53.1 Å². The Hall–Kier alpha value is -3.42. The number of carbonyl (C=O) groups excluding carboxylic acids is 2. The lowest BCUT2D eigenvalue weighted by atomic mass is 10.2. The van der Waals surface area contributed by atoms with Gasteiger partial charge in [0.2, 0.25) is 5.58 Å². The molecule has 0 aliphatic rings. The third kappa shape index (κ3) is 3.95. The predicted octanol–water partition coefficient (Wildman–Crippen LogP) is 2.11. The number of rotatable bonds is 7. The number of benzene rings is 1. The van der Waals surface area contributed by atoms with E-state index in [2.05, 4.69) is 11.6 Å². The molecule has 0 aliphatic heterocycles. The van der Waals surface area contributed by atoms with Crippen LogP contribution >= 0.6 is 0 Å². The maximum Gasteiger partial charge on any atom is 0.326 e. The minimum Gasteiger partial charge on any atom is -0.454 e. The molecule has 0 saturated carbocycles. The van der Waals surface area contributed by atoms with Crippen LogP contribution < -0.4 is 5.56 Å². The average molecular weight is 383 g/mol. The molecule has 0 atom stereocenters. The van der Waals surface area contributed by atoms with Gasteiger partial charge in [-0.1, -0.05) is 24.3 Å². The van der Waals surface area contributed by atoms with Crippen LogP contribution in [0.2, 0.25) is 0 Å². The summed E-state index contributed by atoms with van der Waals surface area (Å²) in [6.45, 7) is 7.54. The highest BCUT2D eigenvalue weighted by Gasteiger charge is 2.17. The molecule has 0 N–H and O–H groups in total. The molecule has 1 aromatic carbocycles. The fraction of sp³-hybridized carbons (Fsp3) is 0.300. The second kappa shape index (κ2) is 8.08. The number of esters is 1. The quantitative estimate of drug-likeness (QED) is 0.458. The zero-order chi connectivity index (χ0) is 20.3. The summed E-state index contributed by atoms with van der Waals surface area (Å²) in [7, 11) is 0. The molecule has 0 bridgehead atoms. The Morgan fingerprint density at radius 2 is 2.07 bits per heavy atom. The highest BCUT2D eigenvalue weighted by molar-refractivity contribution is 6.01. The maximum atomic E-state index is 12.6. The summed E-state index contributed by atoms with van der Waals surface area (Å²) in [6, 6.07) is 7.17. The van der Waals surface area contributed by atoms with Gasteiger partial charge in [0.05, 0.1) is 6.33 Å². The monoisotopic (exact) mass is 383 g/mol. The van der Waals surface area contributed by atoms with Crippen molar-refractivity contribution in [2.24, 2.45) is 0 Å². The number of ether oxygens (including phenoxy) is 1. The minimum atomic E-state index is -0.709. The summed E-state index contributed by atoms with van der Waals surface area (Å²) < 4.78 is 11.7. The lowest BCUT2D eigenvalue weighted by Crippen LogP contribution is -2.36. The maximum absolute atomic E-state index is 12.6. The summed E-state index contributed by atoms with van der Waals surface area (Å²) in [6.07, 6.45) is 1.27.